The van der Waals surface area contributed by atoms with Gasteiger partial charge in [0.2, 0.25) is 5.91 Å². The normalized spacial score (nSPS) is 25.2. The van der Waals surface area contributed by atoms with Crippen LogP contribution >= 0.6 is 11.8 Å². The molecule has 3 aliphatic heterocycles. The molecule has 3 fully saturated rings. The average Bonchev–Trinajstić information content (AvgIpc) is 3.42. The number of imide groups is 1. The van der Waals surface area contributed by atoms with Gasteiger partial charge in [-0.2, -0.15) is 5.10 Å². The molecule has 3 atom stereocenters. The van der Waals surface area contributed by atoms with Crippen LogP contribution in [0.25, 0.3) is 5.03 Å². The number of nitrogens with zero attached hydrogens (tertiary/aromatic N) is 5. The van der Waals surface area contributed by atoms with E-state index in [9.17, 15) is 19.5 Å². The summed E-state index contributed by atoms with van der Waals surface area (Å²) in [6.45, 7) is 3.10. The molecule has 13 heteroatoms. The lowest BCUT2D eigenvalue weighted by molar-refractivity contribution is -0.153. The molecule has 12 nitrogen and oxygen atoms in total. The zero-order valence-corrected chi connectivity index (χ0v) is 23.1. The van der Waals surface area contributed by atoms with Crippen LogP contribution in [0.2, 0.25) is 0 Å². The first-order valence-corrected chi connectivity index (χ1v) is 14.2. The Bertz CT molecular complexity index is 1340. The number of ether oxygens (including phenoxy) is 3. The zero-order valence-electron chi connectivity index (χ0n) is 22.3. The fourth-order valence-electron chi connectivity index (χ4n) is 5.79. The van der Waals surface area contributed by atoms with Gasteiger partial charge in [0.15, 0.2) is 0 Å². The third-order valence-electron chi connectivity index (χ3n) is 8.10. The highest BCUT2D eigenvalue weighted by molar-refractivity contribution is 8.08. The van der Waals surface area contributed by atoms with E-state index in [2.05, 4.69) is 10.1 Å². The summed E-state index contributed by atoms with van der Waals surface area (Å²) in [6, 6.07) is 6.88. The van der Waals surface area contributed by atoms with Gasteiger partial charge in [-0.1, -0.05) is 30.0 Å². The van der Waals surface area contributed by atoms with Crippen molar-refractivity contribution in [3.8, 4) is 5.75 Å². The molecule has 2 unspecified atom stereocenters. The van der Waals surface area contributed by atoms with Gasteiger partial charge in [0.1, 0.15) is 40.4 Å². The lowest BCUT2D eigenvalue weighted by Crippen LogP contribution is -2.65. The number of fused-ring (bicyclic) bond motifs is 1. The Hall–Kier alpha value is -3.42. The Morgan fingerprint density at radius 3 is 2.65 bits per heavy atom. The molecule has 1 aliphatic carbocycles. The summed E-state index contributed by atoms with van der Waals surface area (Å²) in [5, 5.41) is 14.4. The summed E-state index contributed by atoms with van der Waals surface area (Å²) in [5.41, 5.74) is -0.0407. The van der Waals surface area contributed by atoms with E-state index >= 15 is 0 Å². The number of carbonyl (C=O) groups excluding carboxylic acids is 2. The van der Waals surface area contributed by atoms with Crippen LogP contribution in [0.1, 0.15) is 44.3 Å². The smallest absolute Gasteiger partial charge is 0.330 e. The maximum atomic E-state index is 14.2. The number of aliphatic carboxylic acids is 1. The molecule has 3 amide bonds. The first-order valence-electron chi connectivity index (χ1n) is 13.3. The van der Waals surface area contributed by atoms with Crippen molar-refractivity contribution in [2.45, 2.75) is 55.7 Å². The maximum Gasteiger partial charge on any atom is 0.330 e. The summed E-state index contributed by atoms with van der Waals surface area (Å²) in [7, 11) is 1.58. The second kappa shape index (κ2) is 10.5. The SMILES string of the molecule is COc1ccccc1[C@H](CN1C(=O)N(C2(C(=O)O)CC2)C(=O)C2C(C)=C(n3cncn3)SC21)OC1CCOCC1. The van der Waals surface area contributed by atoms with Gasteiger partial charge in [-0.15, -0.1) is 0 Å². The van der Waals surface area contributed by atoms with Gasteiger partial charge in [0, 0.05) is 18.8 Å². The number of amides is 3. The molecule has 0 bridgehead atoms. The molecule has 1 aromatic heterocycles. The van der Waals surface area contributed by atoms with Crippen LogP contribution in [0, 0.1) is 5.92 Å². The quantitative estimate of drug-likeness (QED) is 0.480. The number of carboxylic acids is 1. The van der Waals surface area contributed by atoms with E-state index < -0.39 is 40.8 Å². The number of para-hydroxylation sites is 1. The number of thioether (sulfide) groups is 1. The van der Waals surface area contributed by atoms with Crippen molar-refractivity contribution in [2.75, 3.05) is 26.9 Å². The minimum absolute atomic E-state index is 0.0901. The van der Waals surface area contributed by atoms with Gasteiger partial charge < -0.3 is 24.2 Å². The summed E-state index contributed by atoms with van der Waals surface area (Å²) in [4.78, 5) is 47.0. The van der Waals surface area contributed by atoms with E-state index in [0.29, 0.717) is 42.4 Å². The molecule has 1 N–H and O–H groups in total. The van der Waals surface area contributed by atoms with Gasteiger partial charge in [0.05, 0.1) is 25.7 Å². The second-order valence-electron chi connectivity index (χ2n) is 10.4. The summed E-state index contributed by atoms with van der Waals surface area (Å²) < 4.78 is 19.4. The molecule has 2 aromatic rings. The van der Waals surface area contributed by atoms with Crippen LogP contribution in [0.5, 0.6) is 5.75 Å². The van der Waals surface area contributed by atoms with Gasteiger partial charge in [0.25, 0.3) is 0 Å². The minimum Gasteiger partial charge on any atom is -0.496 e. The van der Waals surface area contributed by atoms with E-state index in [-0.39, 0.29) is 25.5 Å². The topological polar surface area (TPSA) is 136 Å². The number of hydrogen-bond donors (Lipinski definition) is 1. The lowest BCUT2D eigenvalue weighted by atomic mass is 9.94. The van der Waals surface area contributed by atoms with Gasteiger partial charge in [-0.25, -0.2) is 24.2 Å². The zero-order chi connectivity index (χ0) is 28.0. The minimum atomic E-state index is -1.53. The fraction of sp³-hybridized carbons (Fsp3) is 0.519. The first-order chi connectivity index (χ1) is 19.4. The molecule has 4 aliphatic rings. The van der Waals surface area contributed by atoms with E-state index in [1.165, 1.54) is 18.1 Å². The number of carboxylic acid groups (broad SMARTS) is 1. The van der Waals surface area contributed by atoms with Crippen LogP contribution in [-0.4, -0.2) is 91.5 Å². The van der Waals surface area contributed by atoms with Crippen molar-refractivity contribution in [1.82, 2.24) is 24.6 Å². The predicted molar refractivity (Wildman–Crippen MR) is 143 cm³/mol. The largest absolute Gasteiger partial charge is 0.496 e. The first kappa shape index (κ1) is 26.8. The van der Waals surface area contributed by atoms with Crippen LogP contribution < -0.4 is 4.74 Å². The van der Waals surface area contributed by atoms with E-state index in [1.807, 2.05) is 31.2 Å². The number of rotatable bonds is 9. The van der Waals surface area contributed by atoms with Crippen molar-refractivity contribution >= 4 is 34.7 Å². The molecule has 1 aromatic carbocycles. The average molecular weight is 570 g/mol. The Morgan fingerprint density at radius 1 is 1.25 bits per heavy atom. The number of benzene rings is 1. The molecule has 6 rings (SSSR count). The third-order valence-corrected chi connectivity index (χ3v) is 9.60. The monoisotopic (exact) mass is 569 g/mol. The number of urea groups is 1. The van der Waals surface area contributed by atoms with E-state index in [4.69, 9.17) is 14.2 Å². The third kappa shape index (κ3) is 4.45. The molecule has 0 spiro atoms. The highest BCUT2D eigenvalue weighted by Crippen LogP contribution is 2.53. The van der Waals surface area contributed by atoms with Gasteiger partial charge in [-0.05, 0) is 44.2 Å². The van der Waals surface area contributed by atoms with Crippen LogP contribution in [0.3, 0.4) is 0 Å². The second-order valence-corrected chi connectivity index (χ2v) is 11.5. The number of aromatic nitrogens is 3. The Kier molecular flexibility index (Phi) is 7.05. The molecule has 4 heterocycles. The Labute approximate surface area is 235 Å². The number of carbonyl (C=O) groups is 3. The van der Waals surface area contributed by atoms with Crippen LogP contribution in [0.4, 0.5) is 4.79 Å². The highest BCUT2D eigenvalue weighted by atomic mass is 32.2. The van der Waals surface area contributed by atoms with E-state index in [0.717, 1.165) is 10.5 Å². The standard InChI is InChI=1S/C27H31N5O7S/c1-16-21-22(33)32(27(9-10-27)25(34)35)26(36)30(24(21)40-23(16)31-15-28-14-29-31)13-20(39-17-7-11-38-12-8-17)18-5-3-4-6-19(18)37-2/h3-6,14-15,17,20-21,24H,7-13H2,1-2H3,(H,34,35)/t20-,21?,24?/m0/s1. The molecule has 212 valence electrons. The number of hydrogen-bond acceptors (Lipinski definition) is 9. The molecule has 40 heavy (non-hydrogen) atoms. The summed E-state index contributed by atoms with van der Waals surface area (Å²) in [6.07, 6.45) is 4.15. The molecular weight excluding hydrogens is 538 g/mol. The molecule has 2 saturated heterocycles. The van der Waals surface area contributed by atoms with Crippen molar-refractivity contribution in [3.05, 3.63) is 48.1 Å². The molecule has 0 radical (unpaired) electrons. The van der Waals surface area contributed by atoms with Crippen molar-refractivity contribution in [2.24, 2.45) is 5.92 Å². The van der Waals surface area contributed by atoms with Crippen LogP contribution in [-0.2, 0) is 19.1 Å². The van der Waals surface area contributed by atoms with Gasteiger partial charge in [-0.3, -0.25) is 4.79 Å². The molecular formula is C27H31N5O7S. The summed E-state index contributed by atoms with van der Waals surface area (Å²) in [5.74, 6) is -1.78. The van der Waals surface area contributed by atoms with Crippen molar-refractivity contribution in [1.29, 1.82) is 0 Å². The fourth-order valence-corrected chi connectivity index (χ4v) is 7.29. The van der Waals surface area contributed by atoms with Crippen LogP contribution in [0.15, 0.2) is 42.5 Å². The van der Waals surface area contributed by atoms with E-state index in [1.54, 1.807) is 23.0 Å². The highest BCUT2D eigenvalue weighted by Gasteiger charge is 2.65. The van der Waals surface area contributed by atoms with Crippen molar-refractivity contribution in [3.63, 3.8) is 0 Å². The number of methoxy groups -OCH3 is 1. The Balaban J connectivity index is 1.40. The maximum absolute atomic E-state index is 14.2. The Morgan fingerprint density at radius 2 is 2.00 bits per heavy atom. The van der Waals surface area contributed by atoms with Crippen molar-refractivity contribution < 1.29 is 33.7 Å². The predicted octanol–water partition coefficient (Wildman–Crippen LogP) is 2.98. The summed E-state index contributed by atoms with van der Waals surface area (Å²) >= 11 is 1.35. The molecule has 1 saturated carbocycles. The lowest BCUT2D eigenvalue weighted by Gasteiger charge is -2.45. The van der Waals surface area contributed by atoms with Gasteiger partial charge >= 0.3 is 12.0 Å².